The van der Waals surface area contributed by atoms with Crippen LogP contribution >= 0.6 is 0 Å². The maximum Gasteiger partial charge on any atom is 0.316 e. The van der Waals surface area contributed by atoms with E-state index in [0.717, 1.165) is 25.9 Å². The second-order valence-corrected chi connectivity index (χ2v) is 5.13. The highest BCUT2D eigenvalue weighted by Gasteiger charge is 2.16. The summed E-state index contributed by atoms with van der Waals surface area (Å²) >= 11 is 0. The third-order valence-corrected chi connectivity index (χ3v) is 3.54. The second-order valence-electron chi connectivity index (χ2n) is 5.13. The van der Waals surface area contributed by atoms with Crippen molar-refractivity contribution in [3.8, 4) is 0 Å². The maximum absolute atomic E-state index is 12.4. The Hall–Kier alpha value is -2.04. The molecular weight excluding hydrogens is 254 g/mol. The van der Waals surface area contributed by atoms with Crippen LogP contribution in [0.2, 0.25) is 0 Å². The molecule has 1 heterocycles. The zero-order valence-corrected chi connectivity index (χ0v) is 11.6. The van der Waals surface area contributed by atoms with Gasteiger partial charge in [0, 0.05) is 24.3 Å². The summed E-state index contributed by atoms with van der Waals surface area (Å²) < 4.78 is 0. The lowest BCUT2D eigenvalue weighted by molar-refractivity contribution is 0.0742. The summed E-state index contributed by atoms with van der Waals surface area (Å²) in [5.74, 6) is 0.0672. The molecule has 0 saturated carbocycles. The Morgan fingerprint density at radius 2 is 1.50 bits per heavy atom. The number of primary amides is 1. The minimum Gasteiger partial charge on any atom is -0.351 e. The number of benzene rings is 1. The van der Waals surface area contributed by atoms with Crippen molar-refractivity contribution in [3.05, 3.63) is 29.8 Å². The van der Waals surface area contributed by atoms with Crippen molar-refractivity contribution in [1.82, 2.24) is 4.90 Å². The molecule has 108 valence electrons. The molecule has 0 unspecified atom stereocenters. The Balaban J connectivity index is 2.01. The lowest BCUT2D eigenvalue weighted by Crippen LogP contribution is -2.33. The average Bonchev–Trinajstić information content (AvgIpc) is 2.38. The van der Waals surface area contributed by atoms with Crippen LogP contribution in [-0.4, -0.2) is 29.9 Å². The van der Waals surface area contributed by atoms with Gasteiger partial charge in [-0.2, -0.15) is 0 Å². The van der Waals surface area contributed by atoms with Gasteiger partial charge >= 0.3 is 6.03 Å². The number of nitrogens with zero attached hydrogens (tertiary/aromatic N) is 1. The Morgan fingerprint density at radius 1 is 0.950 bits per heavy atom. The number of hydrogen-bond donors (Lipinski definition) is 2. The van der Waals surface area contributed by atoms with Gasteiger partial charge in [0.1, 0.15) is 0 Å². The molecule has 1 saturated heterocycles. The van der Waals surface area contributed by atoms with E-state index in [0.29, 0.717) is 11.3 Å². The second kappa shape index (κ2) is 6.93. The zero-order valence-electron chi connectivity index (χ0n) is 11.6. The minimum atomic E-state index is -0.604. The number of likely N-dealkylation sites (tertiary alicyclic amines) is 1. The topological polar surface area (TPSA) is 75.4 Å². The highest BCUT2D eigenvalue weighted by atomic mass is 16.2. The molecule has 1 aliphatic heterocycles. The predicted octanol–water partition coefficient (Wildman–Crippen LogP) is 2.58. The van der Waals surface area contributed by atoms with Crippen LogP contribution in [0.15, 0.2) is 24.3 Å². The van der Waals surface area contributed by atoms with Gasteiger partial charge in [0.2, 0.25) is 0 Å². The standard InChI is InChI=1S/C15H21N3O2/c16-15(20)17-13-8-6-12(7-9-13)14(19)18-10-4-2-1-3-5-11-18/h6-9H,1-5,10-11H2,(H3,16,17,20). The Kier molecular flexibility index (Phi) is 4.98. The summed E-state index contributed by atoms with van der Waals surface area (Å²) in [5.41, 5.74) is 6.30. The highest BCUT2D eigenvalue weighted by molar-refractivity contribution is 5.95. The van der Waals surface area contributed by atoms with Gasteiger partial charge in [-0.1, -0.05) is 19.3 Å². The number of hydrogen-bond acceptors (Lipinski definition) is 2. The van der Waals surface area contributed by atoms with Crippen LogP contribution in [0.25, 0.3) is 0 Å². The quantitative estimate of drug-likeness (QED) is 0.870. The first-order chi connectivity index (χ1) is 9.66. The van der Waals surface area contributed by atoms with E-state index in [2.05, 4.69) is 5.32 Å². The first kappa shape index (κ1) is 14.4. The van der Waals surface area contributed by atoms with E-state index >= 15 is 0 Å². The number of urea groups is 1. The van der Waals surface area contributed by atoms with Crippen LogP contribution in [-0.2, 0) is 0 Å². The van der Waals surface area contributed by atoms with Crippen molar-refractivity contribution in [2.75, 3.05) is 18.4 Å². The largest absolute Gasteiger partial charge is 0.351 e. The fraction of sp³-hybridized carbons (Fsp3) is 0.467. The van der Waals surface area contributed by atoms with E-state index in [4.69, 9.17) is 5.73 Å². The molecule has 2 rings (SSSR count). The van der Waals surface area contributed by atoms with Crippen molar-refractivity contribution in [3.63, 3.8) is 0 Å². The third-order valence-electron chi connectivity index (χ3n) is 3.54. The molecule has 0 atom stereocenters. The number of nitrogens with two attached hydrogens (primary N) is 1. The Morgan fingerprint density at radius 3 is 2.05 bits per heavy atom. The van der Waals surface area contributed by atoms with Gasteiger partial charge in [0.05, 0.1) is 0 Å². The molecular formula is C15H21N3O2. The molecule has 1 aromatic rings. The van der Waals surface area contributed by atoms with Gasteiger partial charge in [-0.25, -0.2) is 4.79 Å². The van der Waals surface area contributed by atoms with Crippen molar-refractivity contribution in [2.45, 2.75) is 32.1 Å². The number of amides is 3. The number of carbonyl (C=O) groups excluding carboxylic acids is 2. The number of carbonyl (C=O) groups is 2. The van der Waals surface area contributed by atoms with Crippen molar-refractivity contribution in [2.24, 2.45) is 5.73 Å². The van der Waals surface area contributed by atoms with E-state index in [-0.39, 0.29) is 5.91 Å². The molecule has 1 aliphatic rings. The number of nitrogens with one attached hydrogen (secondary N) is 1. The van der Waals surface area contributed by atoms with E-state index in [9.17, 15) is 9.59 Å². The van der Waals surface area contributed by atoms with E-state index in [1.54, 1.807) is 24.3 Å². The molecule has 0 bridgehead atoms. The normalized spacial score (nSPS) is 16.1. The lowest BCUT2D eigenvalue weighted by atomic mass is 10.1. The fourth-order valence-electron chi connectivity index (χ4n) is 2.47. The molecule has 3 N–H and O–H groups in total. The highest BCUT2D eigenvalue weighted by Crippen LogP contribution is 2.15. The summed E-state index contributed by atoms with van der Waals surface area (Å²) in [6, 6.07) is 6.25. The maximum atomic E-state index is 12.4. The van der Waals surface area contributed by atoms with E-state index in [1.807, 2.05) is 4.90 Å². The molecule has 5 nitrogen and oxygen atoms in total. The van der Waals surface area contributed by atoms with Crippen LogP contribution in [0.1, 0.15) is 42.5 Å². The van der Waals surface area contributed by atoms with Gasteiger partial charge in [-0.15, -0.1) is 0 Å². The van der Waals surface area contributed by atoms with Crippen molar-refractivity contribution < 1.29 is 9.59 Å². The molecule has 3 amide bonds. The van der Waals surface area contributed by atoms with Crippen LogP contribution in [0.5, 0.6) is 0 Å². The van der Waals surface area contributed by atoms with Crippen LogP contribution in [0.3, 0.4) is 0 Å². The molecule has 0 aliphatic carbocycles. The fourth-order valence-corrected chi connectivity index (χ4v) is 2.47. The van der Waals surface area contributed by atoms with Gasteiger partial charge < -0.3 is 16.0 Å². The molecule has 0 spiro atoms. The summed E-state index contributed by atoms with van der Waals surface area (Å²) in [4.78, 5) is 25.1. The number of anilines is 1. The molecule has 0 radical (unpaired) electrons. The van der Waals surface area contributed by atoms with E-state index in [1.165, 1.54) is 19.3 Å². The third kappa shape index (κ3) is 3.98. The SMILES string of the molecule is NC(=O)Nc1ccc(C(=O)N2CCCCCCC2)cc1. The van der Waals surface area contributed by atoms with Gasteiger partial charge in [-0.3, -0.25) is 4.79 Å². The molecule has 1 fully saturated rings. The summed E-state index contributed by atoms with van der Waals surface area (Å²) in [7, 11) is 0. The van der Waals surface area contributed by atoms with Gasteiger partial charge in [-0.05, 0) is 37.1 Å². The van der Waals surface area contributed by atoms with Crippen LogP contribution in [0, 0.1) is 0 Å². The van der Waals surface area contributed by atoms with Crippen LogP contribution in [0.4, 0.5) is 10.5 Å². The molecule has 0 aromatic heterocycles. The van der Waals surface area contributed by atoms with E-state index < -0.39 is 6.03 Å². The Labute approximate surface area is 119 Å². The molecule has 1 aromatic carbocycles. The summed E-state index contributed by atoms with van der Waals surface area (Å²) in [6.07, 6.45) is 5.83. The van der Waals surface area contributed by atoms with Crippen molar-refractivity contribution in [1.29, 1.82) is 0 Å². The Bertz CT molecular complexity index is 463. The first-order valence-corrected chi connectivity index (χ1v) is 7.12. The van der Waals surface area contributed by atoms with Gasteiger partial charge in [0.25, 0.3) is 5.91 Å². The van der Waals surface area contributed by atoms with Crippen LogP contribution < -0.4 is 11.1 Å². The first-order valence-electron chi connectivity index (χ1n) is 7.12. The molecule has 20 heavy (non-hydrogen) atoms. The van der Waals surface area contributed by atoms with Crippen molar-refractivity contribution >= 4 is 17.6 Å². The average molecular weight is 275 g/mol. The predicted molar refractivity (Wildman–Crippen MR) is 78.6 cm³/mol. The van der Waals surface area contributed by atoms with Gasteiger partial charge in [0.15, 0.2) is 0 Å². The number of rotatable bonds is 2. The molecule has 5 heteroatoms. The monoisotopic (exact) mass is 275 g/mol. The minimum absolute atomic E-state index is 0.0672. The smallest absolute Gasteiger partial charge is 0.316 e. The lowest BCUT2D eigenvalue weighted by Gasteiger charge is -2.24. The summed E-state index contributed by atoms with van der Waals surface area (Å²) in [6.45, 7) is 1.67. The zero-order chi connectivity index (χ0) is 14.4. The summed E-state index contributed by atoms with van der Waals surface area (Å²) in [5, 5.41) is 2.48.